The summed E-state index contributed by atoms with van der Waals surface area (Å²) in [5.74, 6) is 0. The van der Waals surface area contributed by atoms with Gasteiger partial charge in [0.15, 0.2) is 0 Å². The van der Waals surface area contributed by atoms with Crippen LogP contribution < -0.4 is 5.32 Å². The predicted octanol–water partition coefficient (Wildman–Crippen LogP) is 3.16. The summed E-state index contributed by atoms with van der Waals surface area (Å²) in [4.78, 5) is 13.8. The predicted molar refractivity (Wildman–Crippen MR) is 73.3 cm³/mol. The number of hydrogen-bond acceptors (Lipinski definition) is 1. The summed E-state index contributed by atoms with van der Waals surface area (Å²) in [6.45, 7) is 3.73. The van der Waals surface area contributed by atoms with Gasteiger partial charge in [-0.1, -0.05) is 56.5 Å². The first-order chi connectivity index (χ1) is 8.81. The molecule has 1 aromatic carbocycles. The minimum absolute atomic E-state index is 0.0837. The van der Waals surface area contributed by atoms with E-state index in [0.717, 1.165) is 19.5 Å². The number of unbranched alkanes of at least 4 members (excludes halogenated alkanes) is 2. The Morgan fingerprint density at radius 2 is 2.06 bits per heavy atom. The highest BCUT2D eigenvalue weighted by atomic mass is 16.2. The average molecular weight is 246 g/mol. The minimum atomic E-state index is 0.0837. The number of nitrogens with one attached hydrogen (secondary N) is 1. The third-order valence-electron chi connectivity index (χ3n) is 3.53. The van der Waals surface area contributed by atoms with E-state index < -0.39 is 0 Å². The molecule has 2 rings (SSSR count). The fourth-order valence-corrected chi connectivity index (χ4v) is 2.45. The fourth-order valence-electron chi connectivity index (χ4n) is 2.45. The molecule has 1 atom stereocenters. The zero-order valence-electron chi connectivity index (χ0n) is 11.1. The van der Waals surface area contributed by atoms with Crippen molar-refractivity contribution in [2.24, 2.45) is 0 Å². The Bertz CT molecular complexity index is 377. The molecule has 1 aromatic rings. The smallest absolute Gasteiger partial charge is 0.318 e. The number of hydrogen-bond donors (Lipinski definition) is 1. The molecule has 1 heterocycles. The van der Waals surface area contributed by atoms with E-state index in [1.54, 1.807) is 0 Å². The molecular formula is C15H22N2O. The van der Waals surface area contributed by atoms with Crippen LogP contribution in [-0.4, -0.2) is 23.5 Å². The van der Waals surface area contributed by atoms with Gasteiger partial charge in [0.25, 0.3) is 0 Å². The number of carbonyl (C=O) groups excluding carboxylic acids is 1. The van der Waals surface area contributed by atoms with Crippen LogP contribution in [0.25, 0.3) is 0 Å². The summed E-state index contributed by atoms with van der Waals surface area (Å²) in [6, 6.07) is 10.7. The molecule has 1 aliphatic rings. The summed E-state index contributed by atoms with van der Waals surface area (Å²) in [5.41, 5.74) is 1.20. The molecule has 3 nitrogen and oxygen atoms in total. The standard InChI is InChI=1S/C15H22N2O/c1-2-3-5-10-14-11-16-15(18)17(14)12-13-8-6-4-7-9-13/h4,6-9,14H,2-3,5,10-12H2,1H3,(H,16,18). The van der Waals surface area contributed by atoms with Crippen LogP contribution in [-0.2, 0) is 6.54 Å². The first-order valence-corrected chi connectivity index (χ1v) is 6.89. The first kappa shape index (κ1) is 12.9. The zero-order valence-corrected chi connectivity index (χ0v) is 11.1. The number of nitrogens with zero attached hydrogens (tertiary/aromatic N) is 1. The Morgan fingerprint density at radius 1 is 1.28 bits per heavy atom. The molecule has 1 aliphatic heterocycles. The van der Waals surface area contributed by atoms with E-state index >= 15 is 0 Å². The van der Waals surface area contributed by atoms with Crippen LogP contribution in [0, 0.1) is 0 Å². The van der Waals surface area contributed by atoms with Crippen LogP contribution in [0.1, 0.15) is 38.2 Å². The largest absolute Gasteiger partial charge is 0.336 e. The molecule has 0 spiro atoms. The summed E-state index contributed by atoms with van der Waals surface area (Å²) in [5, 5.41) is 2.95. The van der Waals surface area contributed by atoms with Crippen LogP contribution in [0.3, 0.4) is 0 Å². The maximum absolute atomic E-state index is 11.8. The molecule has 0 aliphatic carbocycles. The molecule has 3 heteroatoms. The molecule has 1 unspecified atom stereocenters. The average Bonchev–Trinajstić information content (AvgIpc) is 2.73. The van der Waals surface area contributed by atoms with Crippen LogP contribution in [0.4, 0.5) is 4.79 Å². The number of carbonyl (C=O) groups is 1. The van der Waals surface area contributed by atoms with Gasteiger partial charge in [0, 0.05) is 13.1 Å². The van der Waals surface area contributed by atoms with E-state index in [9.17, 15) is 4.79 Å². The van der Waals surface area contributed by atoms with Crippen LogP contribution in [0.2, 0.25) is 0 Å². The molecule has 98 valence electrons. The molecule has 1 saturated heterocycles. The third-order valence-corrected chi connectivity index (χ3v) is 3.53. The van der Waals surface area contributed by atoms with Crippen molar-refractivity contribution in [1.82, 2.24) is 10.2 Å². The quantitative estimate of drug-likeness (QED) is 0.768. The topological polar surface area (TPSA) is 32.3 Å². The Morgan fingerprint density at radius 3 is 2.78 bits per heavy atom. The summed E-state index contributed by atoms with van der Waals surface area (Å²) in [6.07, 6.45) is 4.80. The lowest BCUT2D eigenvalue weighted by Gasteiger charge is -2.23. The summed E-state index contributed by atoms with van der Waals surface area (Å²) < 4.78 is 0. The van der Waals surface area contributed by atoms with Gasteiger partial charge < -0.3 is 10.2 Å². The lowest BCUT2D eigenvalue weighted by Crippen LogP contribution is -2.33. The van der Waals surface area contributed by atoms with Gasteiger partial charge in [0.2, 0.25) is 0 Å². The third kappa shape index (κ3) is 3.25. The van der Waals surface area contributed by atoms with Gasteiger partial charge in [-0.25, -0.2) is 4.79 Å². The van der Waals surface area contributed by atoms with E-state index in [1.807, 2.05) is 23.1 Å². The van der Waals surface area contributed by atoms with Crippen molar-refractivity contribution < 1.29 is 4.79 Å². The first-order valence-electron chi connectivity index (χ1n) is 6.89. The van der Waals surface area contributed by atoms with E-state index in [0.29, 0.717) is 6.04 Å². The van der Waals surface area contributed by atoms with Gasteiger partial charge in [-0.15, -0.1) is 0 Å². The molecule has 0 radical (unpaired) electrons. The van der Waals surface area contributed by atoms with E-state index in [-0.39, 0.29) is 6.03 Å². The van der Waals surface area contributed by atoms with E-state index in [1.165, 1.54) is 24.8 Å². The lowest BCUT2D eigenvalue weighted by molar-refractivity contribution is 0.197. The van der Waals surface area contributed by atoms with Crippen molar-refractivity contribution >= 4 is 6.03 Å². The normalized spacial score (nSPS) is 19.1. The highest BCUT2D eigenvalue weighted by Gasteiger charge is 2.29. The highest BCUT2D eigenvalue weighted by Crippen LogP contribution is 2.17. The van der Waals surface area contributed by atoms with Crippen molar-refractivity contribution in [3.63, 3.8) is 0 Å². The van der Waals surface area contributed by atoms with Crippen LogP contribution in [0.15, 0.2) is 30.3 Å². The van der Waals surface area contributed by atoms with Gasteiger partial charge in [0.05, 0.1) is 6.04 Å². The van der Waals surface area contributed by atoms with Gasteiger partial charge in [0.1, 0.15) is 0 Å². The van der Waals surface area contributed by atoms with E-state index in [2.05, 4.69) is 24.4 Å². The molecule has 18 heavy (non-hydrogen) atoms. The Balaban J connectivity index is 1.93. The number of urea groups is 1. The molecule has 0 saturated carbocycles. The number of rotatable bonds is 6. The molecule has 1 N–H and O–H groups in total. The maximum atomic E-state index is 11.8. The second-order valence-corrected chi connectivity index (χ2v) is 4.95. The van der Waals surface area contributed by atoms with Crippen molar-refractivity contribution in [2.45, 2.75) is 45.2 Å². The Labute approximate surface area is 109 Å². The van der Waals surface area contributed by atoms with Crippen molar-refractivity contribution in [2.75, 3.05) is 6.54 Å². The van der Waals surface area contributed by atoms with Gasteiger partial charge in [-0.2, -0.15) is 0 Å². The molecule has 2 amide bonds. The van der Waals surface area contributed by atoms with E-state index in [4.69, 9.17) is 0 Å². The van der Waals surface area contributed by atoms with Gasteiger partial charge in [-0.3, -0.25) is 0 Å². The van der Waals surface area contributed by atoms with Crippen molar-refractivity contribution in [1.29, 1.82) is 0 Å². The highest BCUT2D eigenvalue weighted by molar-refractivity contribution is 5.76. The van der Waals surface area contributed by atoms with Crippen molar-refractivity contribution in [3.8, 4) is 0 Å². The molecular weight excluding hydrogens is 224 g/mol. The fraction of sp³-hybridized carbons (Fsp3) is 0.533. The van der Waals surface area contributed by atoms with Crippen molar-refractivity contribution in [3.05, 3.63) is 35.9 Å². The molecule has 0 bridgehead atoms. The number of benzene rings is 1. The second-order valence-electron chi connectivity index (χ2n) is 4.95. The Kier molecular flexibility index (Phi) is 4.62. The maximum Gasteiger partial charge on any atom is 0.318 e. The van der Waals surface area contributed by atoms with Crippen LogP contribution >= 0.6 is 0 Å². The monoisotopic (exact) mass is 246 g/mol. The SMILES string of the molecule is CCCCCC1CNC(=O)N1Cc1ccccc1. The van der Waals surface area contributed by atoms with Gasteiger partial charge >= 0.3 is 6.03 Å². The molecule has 1 fully saturated rings. The summed E-state index contributed by atoms with van der Waals surface area (Å²) >= 11 is 0. The Hall–Kier alpha value is -1.51. The van der Waals surface area contributed by atoms with Gasteiger partial charge in [-0.05, 0) is 12.0 Å². The molecule has 0 aromatic heterocycles. The lowest BCUT2D eigenvalue weighted by atomic mass is 10.1. The summed E-state index contributed by atoms with van der Waals surface area (Å²) in [7, 11) is 0. The number of amides is 2. The minimum Gasteiger partial charge on any atom is -0.336 e. The zero-order chi connectivity index (χ0) is 12.8. The van der Waals surface area contributed by atoms with Crippen LogP contribution in [0.5, 0.6) is 0 Å². The second kappa shape index (κ2) is 6.43.